The lowest BCUT2D eigenvalue weighted by molar-refractivity contribution is 0.00329. The second-order valence-corrected chi connectivity index (χ2v) is 7.46. The predicted molar refractivity (Wildman–Crippen MR) is 84.3 cm³/mol. The summed E-state index contributed by atoms with van der Waals surface area (Å²) < 4.78 is 5.38. The molecule has 5 heteroatoms. The number of rotatable bonds is 5. The third kappa shape index (κ3) is 5.83. The van der Waals surface area contributed by atoms with Crippen molar-refractivity contribution < 1.29 is 14.6 Å². The van der Waals surface area contributed by atoms with Gasteiger partial charge in [0.25, 0.3) is 0 Å². The van der Waals surface area contributed by atoms with E-state index in [0.29, 0.717) is 19.6 Å². The Morgan fingerprint density at radius 2 is 2.05 bits per heavy atom. The van der Waals surface area contributed by atoms with Gasteiger partial charge in [0.05, 0.1) is 5.60 Å². The van der Waals surface area contributed by atoms with Crippen LogP contribution in [-0.4, -0.2) is 53.0 Å². The molecule has 124 valence electrons. The van der Waals surface area contributed by atoms with Gasteiger partial charge >= 0.3 is 6.09 Å². The minimum absolute atomic E-state index is 0.230. The van der Waals surface area contributed by atoms with Crippen LogP contribution >= 0.6 is 0 Å². The summed E-state index contributed by atoms with van der Waals surface area (Å²) >= 11 is 0. The Morgan fingerprint density at radius 3 is 2.57 bits per heavy atom. The first-order chi connectivity index (χ1) is 9.55. The summed E-state index contributed by atoms with van der Waals surface area (Å²) in [5, 5.41) is 13.8. The largest absolute Gasteiger partial charge is 0.444 e. The zero-order valence-corrected chi connectivity index (χ0v) is 14.4. The Hall–Kier alpha value is -0.810. The van der Waals surface area contributed by atoms with Crippen molar-refractivity contribution in [2.45, 2.75) is 71.6 Å². The normalized spacial score (nSPS) is 23.8. The third-order valence-electron chi connectivity index (χ3n) is 4.26. The number of nitrogens with zero attached hydrogens (tertiary/aromatic N) is 1. The van der Waals surface area contributed by atoms with E-state index >= 15 is 0 Å². The van der Waals surface area contributed by atoms with Crippen molar-refractivity contribution >= 4 is 6.09 Å². The summed E-state index contributed by atoms with van der Waals surface area (Å²) in [6, 6.07) is 0.230. The molecule has 5 nitrogen and oxygen atoms in total. The van der Waals surface area contributed by atoms with Crippen molar-refractivity contribution in [2.24, 2.45) is 5.92 Å². The number of hydrogen-bond acceptors (Lipinski definition) is 4. The topological polar surface area (TPSA) is 61.8 Å². The molecule has 2 N–H and O–H groups in total. The van der Waals surface area contributed by atoms with E-state index in [2.05, 4.69) is 19.2 Å². The van der Waals surface area contributed by atoms with E-state index < -0.39 is 11.2 Å². The molecule has 1 aliphatic rings. The summed E-state index contributed by atoms with van der Waals surface area (Å²) in [7, 11) is 0. The molecule has 1 amide bonds. The first-order valence-electron chi connectivity index (χ1n) is 7.99. The zero-order valence-electron chi connectivity index (χ0n) is 14.4. The molecule has 1 heterocycles. The molecular formula is C16H32N2O3. The van der Waals surface area contributed by atoms with E-state index in [1.165, 1.54) is 0 Å². The Balaban J connectivity index is 2.40. The lowest BCUT2D eigenvalue weighted by Gasteiger charge is -2.31. The molecule has 0 aromatic heterocycles. The third-order valence-corrected chi connectivity index (χ3v) is 4.26. The van der Waals surface area contributed by atoms with Crippen LogP contribution in [0.2, 0.25) is 0 Å². The highest BCUT2D eigenvalue weighted by atomic mass is 16.6. The Labute approximate surface area is 129 Å². The van der Waals surface area contributed by atoms with Gasteiger partial charge in [-0.2, -0.15) is 0 Å². The van der Waals surface area contributed by atoms with Crippen LogP contribution < -0.4 is 5.32 Å². The van der Waals surface area contributed by atoms with Crippen molar-refractivity contribution in [3.63, 3.8) is 0 Å². The molecule has 21 heavy (non-hydrogen) atoms. The second-order valence-electron chi connectivity index (χ2n) is 7.46. The molecule has 1 aliphatic heterocycles. The fourth-order valence-electron chi connectivity index (χ4n) is 2.38. The van der Waals surface area contributed by atoms with Crippen LogP contribution in [-0.2, 0) is 4.74 Å². The number of amides is 1. The van der Waals surface area contributed by atoms with Gasteiger partial charge in [0.2, 0.25) is 0 Å². The highest BCUT2D eigenvalue weighted by Crippen LogP contribution is 2.20. The average molecular weight is 300 g/mol. The van der Waals surface area contributed by atoms with Gasteiger partial charge in [-0.3, -0.25) is 0 Å². The van der Waals surface area contributed by atoms with Crippen LogP contribution in [0.25, 0.3) is 0 Å². The number of nitrogens with one attached hydrogen (secondary N) is 1. The quantitative estimate of drug-likeness (QED) is 0.818. The fraction of sp³-hybridized carbons (Fsp3) is 0.938. The number of aliphatic hydroxyl groups is 1. The van der Waals surface area contributed by atoms with Gasteiger partial charge in [0.1, 0.15) is 5.60 Å². The Morgan fingerprint density at radius 1 is 1.43 bits per heavy atom. The molecule has 0 aromatic rings. The number of ether oxygens (including phenoxy) is 1. The molecule has 1 fully saturated rings. The second kappa shape index (κ2) is 6.97. The van der Waals surface area contributed by atoms with E-state index in [9.17, 15) is 9.90 Å². The van der Waals surface area contributed by atoms with Crippen molar-refractivity contribution in [3.8, 4) is 0 Å². The predicted octanol–water partition coefficient (Wildman–Crippen LogP) is 2.38. The van der Waals surface area contributed by atoms with E-state index in [1.807, 2.05) is 27.7 Å². The summed E-state index contributed by atoms with van der Waals surface area (Å²) in [5.41, 5.74) is -1.17. The molecule has 3 atom stereocenters. The molecule has 0 radical (unpaired) electrons. The van der Waals surface area contributed by atoms with E-state index in [4.69, 9.17) is 4.74 Å². The molecule has 3 unspecified atom stereocenters. The van der Waals surface area contributed by atoms with Gasteiger partial charge in [-0.25, -0.2) is 4.79 Å². The van der Waals surface area contributed by atoms with Gasteiger partial charge in [0, 0.05) is 25.7 Å². The Bertz CT molecular complexity index is 350. The maximum atomic E-state index is 12.0. The maximum Gasteiger partial charge on any atom is 0.410 e. The molecule has 0 bridgehead atoms. The lowest BCUT2D eigenvalue weighted by Crippen LogP contribution is -2.47. The van der Waals surface area contributed by atoms with Crippen molar-refractivity contribution in [2.75, 3.05) is 19.6 Å². The van der Waals surface area contributed by atoms with Crippen molar-refractivity contribution in [1.82, 2.24) is 10.2 Å². The van der Waals surface area contributed by atoms with Crippen LogP contribution in [0.5, 0.6) is 0 Å². The smallest absolute Gasteiger partial charge is 0.410 e. The van der Waals surface area contributed by atoms with Crippen LogP contribution in [0.4, 0.5) is 4.79 Å². The molecular weight excluding hydrogens is 268 g/mol. The number of carbonyl (C=O) groups excluding carboxylic acids is 1. The molecule has 0 spiro atoms. The van der Waals surface area contributed by atoms with Gasteiger partial charge in [-0.1, -0.05) is 20.3 Å². The molecule has 1 rings (SSSR count). The van der Waals surface area contributed by atoms with Crippen LogP contribution in [0.3, 0.4) is 0 Å². The molecule has 0 aliphatic carbocycles. The first kappa shape index (κ1) is 18.2. The summed E-state index contributed by atoms with van der Waals surface area (Å²) in [4.78, 5) is 13.7. The maximum absolute atomic E-state index is 12.0. The van der Waals surface area contributed by atoms with Crippen LogP contribution in [0, 0.1) is 5.92 Å². The van der Waals surface area contributed by atoms with E-state index in [-0.39, 0.29) is 18.1 Å². The zero-order chi connectivity index (χ0) is 16.3. The number of likely N-dealkylation sites (tertiary alicyclic amines) is 1. The molecule has 1 saturated heterocycles. The summed E-state index contributed by atoms with van der Waals surface area (Å²) in [6.07, 6.45) is 1.60. The van der Waals surface area contributed by atoms with E-state index in [0.717, 1.165) is 12.8 Å². The fourth-order valence-corrected chi connectivity index (χ4v) is 2.38. The van der Waals surface area contributed by atoms with Gasteiger partial charge in [0.15, 0.2) is 0 Å². The van der Waals surface area contributed by atoms with E-state index in [1.54, 1.807) is 4.90 Å². The summed E-state index contributed by atoms with van der Waals surface area (Å²) in [6.45, 7) is 13.5. The van der Waals surface area contributed by atoms with Crippen LogP contribution in [0.15, 0.2) is 0 Å². The standard InChI is InChI=1S/C16H32N2O3/c1-7-12(2)16(6,20)11-17-13-8-9-18(10-13)14(19)21-15(3,4)5/h12-13,17,20H,7-11H2,1-6H3. The minimum atomic E-state index is -0.714. The van der Waals surface area contributed by atoms with Crippen molar-refractivity contribution in [3.05, 3.63) is 0 Å². The first-order valence-corrected chi connectivity index (χ1v) is 7.99. The van der Waals surface area contributed by atoms with Crippen molar-refractivity contribution in [1.29, 1.82) is 0 Å². The summed E-state index contributed by atoms with van der Waals surface area (Å²) in [5.74, 6) is 0.244. The SMILES string of the molecule is CCC(C)C(C)(O)CNC1CCN(C(=O)OC(C)(C)C)C1. The van der Waals surface area contributed by atoms with Gasteiger partial charge in [-0.15, -0.1) is 0 Å². The lowest BCUT2D eigenvalue weighted by atomic mass is 9.88. The molecule has 0 saturated carbocycles. The number of carbonyl (C=O) groups is 1. The molecule has 0 aromatic carbocycles. The minimum Gasteiger partial charge on any atom is -0.444 e. The van der Waals surface area contributed by atoms with Gasteiger partial charge < -0.3 is 20.1 Å². The number of hydrogen-bond donors (Lipinski definition) is 2. The highest BCUT2D eigenvalue weighted by Gasteiger charge is 2.32. The van der Waals surface area contributed by atoms with Crippen LogP contribution in [0.1, 0.15) is 54.4 Å². The highest BCUT2D eigenvalue weighted by molar-refractivity contribution is 5.68. The monoisotopic (exact) mass is 300 g/mol. The average Bonchev–Trinajstić information content (AvgIpc) is 2.82. The Kier molecular flexibility index (Phi) is 6.05. The van der Waals surface area contributed by atoms with Gasteiger partial charge in [-0.05, 0) is 40.0 Å².